The Morgan fingerprint density at radius 3 is 2.57 bits per heavy atom. The zero-order chi connectivity index (χ0) is 20.6. The highest BCUT2D eigenvalue weighted by Crippen LogP contribution is 2.35. The van der Waals surface area contributed by atoms with Crippen molar-refractivity contribution < 1.29 is 14.4 Å². The fourth-order valence-corrected chi connectivity index (χ4v) is 4.16. The summed E-state index contributed by atoms with van der Waals surface area (Å²) in [6, 6.07) is 5.27. The molecular weight excluding hydrogens is 356 g/mol. The van der Waals surface area contributed by atoms with E-state index in [1.54, 1.807) is 0 Å². The maximum absolute atomic E-state index is 13.3. The van der Waals surface area contributed by atoms with Crippen molar-refractivity contribution in [2.45, 2.75) is 58.5 Å². The summed E-state index contributed by atoms with van der Waals surface area (Å²) in [6.07, 6.45) is 1.43. The van der Waals surface area contributed by atoms with Crippen molar-refractivity contribution >= 4 is 28.6 Å². The second kappa shape index (κ2) is 7.30. The number of benzene rings is 1. The minimum Gasteiger partial charge on any atom is -0.368 e. The van der Waals surface area contributed by atoms with E-state index in [0.29, 0.717) is 19.3 Å². The molecule has 0 spiro atoms. The smallest absolute Gasteiger partial charge is 0.246 e. The fourth-order valence-electron chi connectivity index (χ4n) is 4.16. The standard InChI is InChI=1S/C21H28N4O3/c1-11(2)17(19(22)27)24-20(28)21(25-13(4)26)9-8-16-15(10-21)14-7-5-6-12(3)18(14)23-16/h5-7,11,17,23H,8-10H2,1-4H3,(H2,22,27)(H,24,28)(H,25,26)/t17-,21?/m0/s1. The normalized spacial score (nSPS) is 19.9. The minimum atomic E-state index is -1.11. The third-order valence-corrected chi connectivity index (χ3v) is 5.63. The molecule has 3 rings (SSSR count). The average molecular weight is 384 g/mol. The predicted molar refractivity (Wildman–Crippen MR) is 108 cm³/mol. The first kappa shape index (κ1) is 19.9. The molecule has 0 bridgehead atoms. The molecule has 1 unspecified atom stereocenters. The molecule has 150 valence electrons. The quantitative estimate of drug-likeness (QED) is 0.625. The van der Waals surface area contributed by atoms with Crippen molar-refractivity contribution in [1.29, 1.82) is 0 Å². The van der Waals surface area contributed by atoms with E-state index in [4.69, 9.17) is 5.73 Å². The number of aromatic nitrogens is 1. The first-order chi connectivity index (χ1) is 13.1. The van der Waals surface area contributed by atoms with Crippen molar-refractivity contribution in [2.24, 2.45) is 11.7 Å². The molecule has 0 saturated heterocycles. The number of rotatable bonds is 5. The molecular formula is C21H28N4O3. The van der Waals surface area contributed by atoms with Crippen molar-refractivity contribution in [1.82, 2.24) is 15.6 Å². The average Bonchev–Trinajstić information content (AvgIpc) is 2.97. The SMILES string of the molecule is CC(=O)NC1(C(=O)N[C@H](C(N)=O)C(C)C)CCc2[nH]c3c(C)cccc3c2C1. The van der Waals surface area contributed by atoms with Gasteiger partial charge >= 0.3 is 0 Å². The van der Waals surface area contributed by atoms with Crippen molar-refractivity contribution in [3.63, 3.8) is 0 Å². The van der Waals surface area contributed by atoms with Crippen LogP contribution in [0.3, 0.4) is 0 Å². The van der Waals surface area contributed by atoms with Gasteiger partial charge in [0.05, 0.1) is 0 Å². The number of H-pyrrole nitrogens is 1. The van der Waals surface area contributed by atoms with Gasteiger partial charge in [-0.25, -0.2) is 0 Å². The zero-order valence-electron chi connectivity index (χ0n) is 16.8. The van der Waals surface area contributed by atoms with Gasteiger partial charge in [0.15, 0.2) is 0 Å². The van der Waals surface area contributed by atoms with Gasteiger partial charge in [-0.3, -0.25) is 14.4 Å². The molecule has 3 amide bonds. The van der Waals surface area contributed by atoms with E-state index in [1.165, 1.54) is 6.92 Å². The lowest BCUT2D eigenvalue weighted by molar-refractivity contribution is -0.136. The summed E-state index contributed by atoms with van der Waals surface area (Å²) in [5.41, 5.74) is 8.67. The van der Waals surface area contributed by atoms with Gasteiger partial charge in [0.2, 0.25) is 17.7 Å². The number of hydrogen-bond donors (Lipinski definition) is 4. The largest absolute Gasteiger partial charge is 0.368 e. The number of para-hydroxylation sites is 1. The number of carbonyl (C=O) groups excluding carboxylic acids is 3. The number of nitrogens with two attached hydrogens (primary N) is 1. The Labute approximate surface area is 164 Å². The maximum atomic E-state index is 13.3. The third kappa shape index (κ3) is 3.48. The van der Waals surface area contributed by atoms with Crippen LogP contribution in [0.25, 0.3) is 10.9 Å². The lowest BCUT2D eigenvalue weighted by atomic mass is 9.78. The number of fused-ring (bicyclic) bond motifs is 3. The number of hydrogen-bond acceptors (Lipinski definition) is 3. The molecule has 2 atom stereocenters. The molecule has 1 aromatic carbocycles. The molecule has 0 fully saturated rings. The predicted octanol–water partition coefficient (Wildman–Crippen LogP) is 1.47. The molecule has 2 aromatic rings. The van der Waals surface area contributed by atoms with Gasteiger partial charge in [0.25, 0.3) is 0 Å². The van der Waals surface area contributed by atoms with Gasteiger partial charge in [0, 0.05) is 29.9 Å². The summed E-state index contributed by atoms with van der Waals surface area (Å²) in [5, 5.41) is 6.71. The van der Waals surface area contributed by atoms with Crippen LogP contribution in [0.2, 0.25) is 0 Å². The molecule has 28 heavy (non-hydrogen) atoms. The number of amides is 3. The van der Waals surface area contributed by atoms with Gasteiger partial charge in [0.1, 0.15) is 11.6 Å². The Morgan fingerprint density at radius 2 is 1.96 bits per heavy atom. The Hall–Kier alpha value is -2.83. The number of nitrogens with one attached hydrogen (secondary N) is 3. The lowest BCUT2D eigenvalue weighted by Gasteiger charge is -2.37. The highest BCUT2D eigenvalue weighted by molar-refractivity contribution is 5.96. The Bertz CT molecular complexity index is 947. The molecule has 0 radical (unpaired) electrons. The van der Waals surface area contributed by atoms with E-state index in [9.17, 15) is 14.4 Å². The fraction of sp³-hybridized carbons (Fsp3) is 0.476. The van der Waals surface area contributed by atoms with Gasteiger partial charge < -0.3 is 21.4 Å². The van der Waals surface area contributed by atoms with Crippen LogP contribution in [0.4, 0.5) is 0 Å². The van der Waals surface area contributed by atoms with Crippen LogP contribution in [0.5, 0.6) is 0 Å². The summed E-state index contributed by atoms with van der Waals surface area (Å²) in [4.78, 5) is 40.5. The summed E-state index contributed by atoms with van der Waals surface area (Å²) in [6.45, 7) is 7.08. The number of carbonyl (C=O) groups is 3. The summed E-state index contributed by atoms with van der Waals surface area (Å²) in [5.74, 6) is -1.38. The van der Waals surface area contributed by atoms with E-state index in [0.717, 1.165) is 27.7 Å². The van der Waals surface area contributed by atoms with Gasteiger partial charge in [-0.15, -0.1) is 0 Å². The van der Waals surface area contributed by atoms with Crippen molar-refractivity contribution in [3.05, 3.63) is 35.0 Å². The van der Waals surface area contributed by atoms with Crippen molar-refractivity contribution in [2.75, 3.05) is 0 Å². The van der Waals surface area contributed by atoms with Crippen LogP contribution < -0.4 is 16.4 Å². The topological polar surface area (TPSA) is 117 Å². The first-order valence-corrected chi connectivity index (χ1v) is 9.62. The van der Waals surface area contributed by atoms with Gasteiger partial charge in [-0.1, -0.05) is 32.0 Å². The second-order valence-corrected chi connectivity index (χ2v) is 8.12. The molecule has 0 saturated carbocycles. The number of primary amides is 1. The summed E-state index contributed by atoms with van der Waals surface area (Å²) >= 11 is 0. The molecule has 5 N–H and O–H groups in total. The van der Waals surface area contributed by atoms with E-state index in [1.807, 2.05) is 39.0 Å². The Morgan fingerprint density at radius 1 is 1.25 bits per heavy atom. The van der Waals surface area contributed by atoms with E-state index < -0.39 is 17.5 Å². The minimum absolute atomic E-state index is 0.147. The molecule has 0 aliphatic heterocycles. The molecule has 1 aliphatic rings. The molecule has 1 heterocycles. The Balaban J connectivity index is 2.01. The lowest BCUT2D eigenvalue weighted by Crippen LogP contribution is -2.64. The maximum Gasteiger partial charge on any atom is 0.246 e. The molecule has 7 heteroatoms. The molecule has 7 nitrogen and oxygen atoms in total. The highest BCUT2D eigenvalue weighted by Gasteiger charge is 2.44. The van der Waals surface area contributed by atoms with Crippen LogP contribution in [-0.4, -0.2) is 34.3 Å². The monoisotopic (exact) mass is 384 g/mol. The van der Waals surface area contributed by atoms with E-state index >= 15 is 0 Å². The van der Waals surface area contributed by atoms with E-state index in [-0.39, 0.29) is 17.7 Å². The van der Waals surface area contributed by atoms with Crippen LogP contribution in [0.15, 0.2) is 18.2 Å². The van der Waals surface area contributed by atoms with Crippen LogP contribution in [-0.2, 0) is 27.2 Å². The highest BCUT2D eigenvalue weighted by atomic mass is 16.2. The van der Waals surface area contributed by atoms with Gasteiger partial charge in [-0.2, -0.15) is 0 Å². The molecule has 1 aromatic heterocycles. The van der Waals surface area contributed by atoms with Crippen LogP contribution >= 0.6 is 0 Å². The van der Waals surface area contributed by atoms with E-state index in [2.05, 4.69) is 15.6 Å². The molecule has 1 aliphatic carbocycles. The second-order valence-electron chi connectivity index (χ2n) is 8.12. The third-order valence-electron chi connectivity index (χ3n) is 5.63. The first-order valence-electron chi connectivity index (χ1n) is 9.62. The summed E-state index contributed by atoms with van der Waals surface area (Å²) < 4.78 is 0. The number of aryl methyl sites for hydroxylation is 2. The van der Waals surface area contributed by atoms with Crippen LogP contribution in [0, 0.1) is 12.8 Å². The van der Waals surface area contributed by atoms with Gasteiger partial charge in [-0.05, 0) is 36.8 Å². The summed E-state index contributed by atoms with van der Waals surface area (Å²) in [7, 11) is 0. The number of aromatic amines is 1. The zero-order valence-corrected chi connectivity index (χ0v) is 16.8. The van der Waals surface area contributed by atoms with Crippen molar-refractivity contribution in [3.8, 4) is 0 Å². The van der Waals surface area contributed by atoms with Crippen LogP contribution in [0.1, 0.15) is 44.0 Å². The Kier molecular flexibility index (Phi) is 5.19.